The second-order valence-electron chi connectivity index (χ2n) is 3.02. The van der Waals surface area contributed by atoms with Crippen LogP contribution in [0.2, 0.25) is 0 Å². The zero-order chi connectivity index (χ0) is 8.23. The van der Waals surface area contributed by atoms with Crippen LogP contribution in [-0.2, 0) is 6.54 Å². The number of aromatic nitrogens is 1. The van der Waals surface area contributed by atoms with E-state index in [0.29, 0.717) is 0 Å². The Kier molecular flexibility index (Phi) is 6.92. The number of nitrogens with zero attached hydrogens (tertiary/aromatic N) is 2. The Labute approximate surface area is 95.8 Å². The molecule has 82 valence electrons. The average Bonchev–Trinajstić information content (AvgIpc) is 2.59. The molecule has 1 aromatic rings. The van der Waals surface area contributed by atoms with E-state index in [-0.39, 0.29) is 24.8 Å². The standard InChI is InChI=1S/C8H13N3O.2ClH/c1-6-12-10-8(1)7-11-4-2-9-3-5-11;;/h1,6,9H,2-5,7H2;2*1H. The Morgan fingerprint density at radius 2 is 2.07 bits per heavy atom. The van der Waals surface area contributed by atoms with Crippen LogP contribution in [-0.4, -0.2) is 36.2 Å². The quantitative estimate of drug-likeness (QED) is 0.834. The molecule has 1 aliphatic rings. The summed E-state index contributed by atoms with van der Waals surface area (Å²) in [5.74, 6) is 0. The van der Waals surface area contributed by atoms with Crippen molar-refractivity contribution >= 4 is 24.8 Å². The number of hydrogen-bond acceptors (Lipinski definition) is 4. The first-order valence-electron chi connectivity index (χ1n) is 4.27. The third-order valence-electron chi connectivity index (χ3n) is 2.09. The summed E-state index contributed by atoms with van der Waals surface area (Å²) in [6, 6.07) is 1.92. The van der Waals surface area contributed by atoms with E-state index < -0.39 is 0 Å². The molecule has 14 heavy (non-hydrogen) atoms. The molecule has 1 aromatic heterocycles. The van der Waals surface area contributed by atoms with E-state index >= 15 is 0 Å². The average molecular weight is 240 g/mol. The number of halogens is 2. The lowest BCUT2D eigenvalue weighted by Crippen LogP contribution is -2.42. The number of hydrogen-bond donors (Lipinski definition) is 1. The summed E-state index contributed by atoms with van der Waals surface area (Å²) in [6.07, 6.45) is 1.62. The second-order valence-corrected chi connectivity index (χ2v) is 3.02. The third-order valence-corrected chi connectivity index (χ3v) is 2.09. The zero-order valence-corrected chi connectivity index (χ0v) is 9.44. The van der Waals surface area contributed by atoms with Crippen molar-refractivity contribution in [1.82, 2.24) is 15.4 Å². The lowest BCUT2D eigenvalue weighted by atomic mass is 10.3. The molecule has 0 spiro atoms. The number of rotatable bonds is 2. The third kappa shape index (κ3) is 3.84. The maximum Gasteiger partial charge on any atom is 0.124 e. The SMILES string of the molecule is Cl.Cl.c1cc(CN2CCNCC2)no1. The van der Waals surface area contributed by atoms with Crippen molar-refractivity contribution in [2.75, 3.05) is 26.2 Å². The molecule has 0 aliphatic carbocycles. The molecule has 6 heteroatoms. The molecule has 0 bridgehead atoms. The highest BCUT2D eigenvalue weighted by molar-refractivity contribution is 5.85. The van der Waals surface area contributed by atoms with Crippen LogP contribution < -0.4 is 5.32 Å². The van der Waals surface area contributed by atoms with E-state index in [9.17, 15) is 0 Å². The summed E-state index contributed by atoms with van der Waals surface area (Å²) in [4.78, 5) is 2.37. The minimum atomic E-state index is 0. The van der Waals surface area contributed by atoms with Gasteiger partial charge in [-0.2, -0.15) is 0 Å². The molecular formula is C8H15Cl2N3O. The minimum absolute atomic E-state index is 0. The Morgan fingerprint density at radius 3 is 2.64 bits per heavy atom. The van der Waals surface area contributed by atoms with Crippen LogP contribution in [0.1, 0.15) is 5.69 Å². The van der Waals surface area contributed by atoms with Crippen molar-refractivity contribution in [1.29, 1.82) is 0 Å². The Bertz CT molecular complexity index is 225. The van der Waals surface area contributed by atoms with Gasteiger partial charge in [0.15, 0.2) is 0 Å². The van der Waals surface area contributed by atoms with Gasteiger partial charge in [-0.1, -0.05) is 5.16 Å². The summed E-state index contributed by atoms with van der Waals surface area (Å²) in [6.45, 7) is 5.29. The molecule has 1 aliphatic heterocycles. The summed E-state index contributed by atoms with van der Waals surface area (Å²) in [5.41, 5.74) is 1.02. The Balaban J connectivity index is 0.000000845. The fraction of sp³-hybridized carbons (Fsp3) is 0.625. The molecule has 0 atom stereocenters. The van der Waals surface area contributed by atoms with Crippen LogP contribution in [0.25, 0.3) is 0 Å². The fourth-order valence-corrected chi connectivity index (χ4v) is 1.42. The molecular weight excluding hydrogens is 225 g/mol. The lowest BCUT2D eigenvalue weighted by molar-refractivity contribution is 0.226. The van der Waals surface area contributed by atoms with Crippen LogP contribution >= 0.6 is 24.8 Å². The van der Waals surface area contributed by atoms with Gasteiger partial charge in [0.2, 0.25) is 0 Å². The van der Waals surface area contributed by atoms with Crippen molar-refractivity contribution < 1.29 is 4.52 Å². The summed E-state index contributed by atoms with van der Waals surface area (Å²) >= 11 is 0. The van der Waals surface area contributed by atoms with Crippen molar-refractivity contribution in [3.63, 3.8) is 0 Å². The van der Waals surface area contributed by atoms with E-state index in [1.807, 2.05) is 6.07 Å². The first kappa shape index (κ1) is 13.7. The topological polar surface area (TPSA) is 41.3 Å². The fourth-order valence-electron chi connectivity index (χ4n) is 1.42. The Morgan fingerprint density at radius 1 is 1.36 bits per heavy atom. The molecule has 2 heterocycles. The number of nitrogens with one attached hydrogen (secondary N) is 1. The zero-order valence-electron chi connectivity index (χ0n) is 7.81. The molecule has 1 saturated heterocycles. The van der Waals surface area contributed by atoms with Gasteiger partial charge in [-0.25, -0.2) is 0 Å². The summed E-state index contributed by atoms with van der Waals surface area (Å²) < 4.78 is 4.76. The van der Waals surface area contributed by atoms with Crippen molar-refractivity contribution in [3.05, 3.63) is 18.0 Å². The maximum atomic E-state index is 4.76. The molecule has 0 radical (unpaired) electrons. The van der Waals surface area contributed by atoms with Gasteiger partial charge in [-0.05, 0) is 0 Å². The maximum absolute atomic E-state index is 4.76. The van der Waals surface area contributed by atoms with Gasteiger partial charge in [0.25, 0.3) is 0 Å². The molecule has 1 fully saturated rings. The summed E-state index contributed by atoms with van der Waals surface area (Å²) in [5, 5.41) is 7.18. The predicted molar refractivity (Wildman–Crippen MR) is 59.1 cm³/mol. The summed E-state index contributed by atoms with van der Waals surface area (Å²) in [7, 11) is 0. The monoisotopic (exact) mass is 239 g/mol. The van der Waals surface area contributed by atoms with E-state index in [1.165, 1.54) is 0 Å². The van der Waals surface area contributed by atoms with Crippen LogP contribution in [0.3, 0.4) is 0 Å². The number of piperazine rings is 1. The van der Waals surface area contributed by atoms with Gasteiger partial charge in [-0.15, -0.1) is 24.8 Å². The van der Waals surface area contributed by atoms with Crippen LogP contribution in [0, 0.1) is 0 Å². The van der Waals surface area contributed by atoms with Crippen molar-refractivity contribution in [2.24, 2.45) is 0 Å². The molecule has 0 unspecified atom stereocenters. The minimum Gasteiger partial charge on any atom is -0.364 e. The molecule has 4 nitrogen and oxygen atoms in total. The van der Waals surface area contributed by atoms with Crippen LogP contribution in [0.15, 0.2) is 16.9 Å². The van der Waals surface area contributed by atoms with Crippen molar-refractivity contribution in [2.45, 2.75) is 6.54 Å². The van der Waals surface area contributed by atoms with E-state index in [4.69, 9.17) is 4.52 Å². The first-order valence-corrected chi connectivity index (χ1v) is 4.27. The highest BCUT2D eigenvalue weighted by Crippen LogP contribution is 2.01. The van der Waals surface area contributed by atoms with E-state index in [1.54, 1.807) is 6.26 Å². The van der Waals surface area contributed by atoms with Gasteiger partial charge in [0.05, 0.1) is 5.69 Å². The van der Waals surface area contributed by atoms with Crippen LogP contribution in [0.4, 0.5) is 0 Å². The molecule has 2 rings (SSSR count). The second kappa shape index (κ2) is 7.06. The van der Waals surface area contributed by atoms with Gasteiger partial charge >= 0.3 is 0 Å². The van der Waals surface area contributed by atoms with Gasteiger partial charge < -0.3 is 9.84 Å². The Hall–Kier alpha value is -0.290. The van der Waals surface area contributed by atoms with Gasteiger partial charge in [0.1, 0.15) is 6.26 Å². The van der Waals surface area contributed by atoms with Crippen molar-refractivity contribution in [3.8, 4) is 0 Å². The normalized spacial score (nSPS) is 16.9. The smallest absolute Gasteiger partial charge is 0.124 e. The largest absolute Gasteiger partial charge is 0.364 e. The highest BCUT2D eigenvalue weighted by Gasteiger charge is 2.10. The first-order chi connectivity index (χ1) is 5.95. The van der Waals surface area contributed by atoms with Gasteiger partial charge in [-0.3, -0.25) is 4.90 Å². The molecule has 0 aromatic carbocycles. The van der Waals surface area contributed by atoms with E-state index in [2.05, 4.69) is 15.4 Å². The molecule has 1 N–H and O–H groups in total. The van der Waals surface area contributed by atoms with Crippen LogP contribution in [0.5, 0.6) is 0 Å². The predicted octanol–water partition coefficient (Wildman–Crippen LogP) is 0.923. The van der Waals surface area contributed by atoms with E-state index in [0.717, 1.165) is 38.4 Å². The lowest BCUT2D eigenvalue weighted by Gasteiger charge is -2.25. The molecule has 0 saturated carbocycles. The highest BCUT2D eigenvalue weighted by atomic mass is 35.5. The van der Waals surface area contributed by atoms with Gasteiger partial charge in [0, 0.05) is 38.8 Å². The molecule has 0 amide bonds.